The highest BCUT2D eigenvalue weighted by molar-refractivity contribution is 6.01. The van der Waals surface area contributed by atoms with Crippen molar-refractivity contribution in [3.63, 3.8) is 0 Å². The third kappa shape index (κ3) is 3.02. The highest BCUT2D eigenvalue weighted by Crippen LogP contribution is 2.16. The SMILES string of the molecule is COC(=O)C(C)(C)C(=O)NCCO. The number of hydrogen-bond acceptors (Lipinski definition) is 4. The summed E-state index contributed by atoms with van der Waals surface area (Å²) in [6.45, 7) is 2.92. The molecule has 0 atom stereocenters. The van der Waals surface area contributed by atoms with Crippen LogP contribution >= 0.6 is 0 Å². The van der Waals surface area contributed by atoms with Crippen LogP contribution in [0, 0.1) is 5.41 Å². The number of carbonyl (C=O) groups is 2. The monoisotopic (exact) mass is 189 g/mol. The van der Waals surface area contributed by atoms with Crippen LogP contribution in [0.4, 0.5) is 0 Å². The first-order valence-corrected chi connectivity index (χ1v) is 3.94. The number of hydrogen-bond donors (Lipinski definition) is 2. The molecule has 13 heavy (non-hydrogen) atoms. The van der Waals surface area contributed by atoms with Gasteiger partial charge in [-0.25, -0.2) is 0 Å². The van der Waals surface area contributed by atoms with Crippen LogP contribution in [-0.4, -0.2) is 37.2 Å². The molecular weight excluding hydrogens is 174 g/mol. The zero-order chi connectivity index (χ0) is 10.5. The second kappa shape index (κ2) is 4.81. The number of rotatable bonds is 4. The average Bonchev–Trinajstić information content (AvgIpc) is 2.12. The van der Waals surface area contributed by atoms with Crippen molar-refractivity contribution in [2.24, 2.45) is 5.41 Å². The molecule has 0 unspecified atom stereocenters. The van der Waals surface area contributed by atoms with E-state index in [2.05, 4.69) is 10.1 Å². The second-order valence-corrected chi connectivity index (χ2v) is 3.10. The summed E-state index contributed by atoms with van der Waals surface area (Å²) < 4.78 is 4.45. The lowest BCUT2D eigenvalue weighted by molar-refractivity contribution is -0.156. The van der Waals surface area contributed by atoms with Crippen LogP contribution in [-0.2, 0) is 14.3 Å². The molecule has 0 aromatic rings. The molecule has 0 aliphatic heterocycles. The minimum atomic E-state index is -1.20. The molecule has 0 saturated carbocycles. The van der Waals surface area contributed by atoms with E-state index in [0.717, 1.165) is 0 Å². The van der Waals surface area contributed by atoms with Crippen molar-refractivity contribution >= 4 is 11.9 Å². The van der Waals surface area contributed by atoms with E-state index in [-0.39, 0.29) is 13.2 Å². The summed E-state index contributed by atoms with van der Waals surface area (Å²) in [5.74, 6) is -1.05. The Morgan fingerprint density at radius 2 is 2.00 bits per heavy atom. The smallest absolute Gasteiger partial charge is 0.320 e. The predicted octanol–water partition coefficient (Wildman–Crippen LogP) is -0.706. The summed E-state index contributed by atoms with van der Waals surface area (Å²) in [5.41, 5.74) is -1.20. The van der Waals surface area contributed by atoms with Crippen molar-refractivity contribution in [3.8, 4) is 0 Å². The van der Waals surface area contributed by atoms with E-state index in [0.29, 0.717) is 0 Å². The molecule has 0 radical (unpaired) electrons. The fourth-order valence-corrected chi connectivity index (χ4v) is 0.738. The number of methoxy groups -OCH3 is 1. The number of amides is 1. The van der Waals surface area contributed by atoms with E-state index in [9.17, 15) is 9.59 Å². The van der Waals surface area contributed by atoms with Crippen LogP contribution in [0.25, 0.3) is 0 Å². The number of carbonyl (C=O) groups excluding carboxylic acids is 2. The Bertz CT molecular complexity index is 200. The number of nitrogens with one attached hydrogen (secondary N) is 1. The summed E-state index contributed by atoms with van der Waals surface area (Å²) >= 11 is 0. The Morgan fingerprint density at radius 3 is 2.38 bits per heavy atom. The third-order valence-electron chi connectivity index (χ3n) is 1.66. The first-order chi connectivity index (χ1) is 5.96. The number of esters is 1. The Hall–Kier alpha value is -1.10. The van der Waals surface area contributed by atoms with Crippen LogP contribution in [0.3, 0.4) is 0 Å². The second-order valence-electron chi connectivity index (χ2n) is 3.10. The molecule has 76 valence electrons. The Morgan fingerprint density at radius 1 is 1.46 bits per heavy atom. The minimum absolute atomic E-state index is 0.138. The Balaban J connectivity index is 4.27. The fraction of sp³-hybridized carbons (Fsp3) is 0.750. The van der Waals surface area contributed by atoms with Gasteiger partial charge in [0.2, 0.25) is 5.91 Å². The van der Waals surface area contributed by atoms with E-state index in [4.69, 9.17) is 5.11 Å². The molecule has 1 amide bonds. The van der Waals surface area contributed by atoms with E-state index < -0.39 is 17.3 Å². The summed E-state index contributed by atoms with van der Waals surface area (Å²) in [6.07, 6.45) is 0. The minimum Gasteiger partial charge on any atom is -0.468 e. The van der Waals surface area contributed by atoms with Gasteiger partial charge in [0.15, 0.2) is 0 Å². The molecule has 0 rings (SSSR count). The predicted molar refractivity (Wildman–Crippen MR) is 45.9 cm³/mol. The van der Waals surface area contributed by atoms with Gasteiger partial charge in [0.1, 0.15) is 5.41 Å². The van der Waals surface area contributed by atoms with Gasteiger partial charge < -0.3 is 15.2 Å². The Labute approximate surface area is 77.1 Å². The standard InChI is InChI=1S/C8H15NO4/c1-8(2,7(12)13-3)6(11)9-4-5-10/h10H,4-5H2,1-3H3,(H,9,11). The summed E-state index contributed by atoms with van der Waals surface area (Å²) in [4.78, 5) is 22.4. The van der Waals surface area contributed by atoms with Crippen molar-refractivity contribution < 1.29 is 19.4 Å². The number of aliphatic hydroxyl groups is 1. The molecule has 0 saturated heterocycles. The summed E-state index contributed by atoms with van der Waals surface area (Å²) in [7, 11) is 1.23. The van der Waals surface area contributed by atoms with E-state index in [1.54, 1.807) is 0 Å². The largest absolute Gasteiger partial charge is 0.468 e. The molecule has 0 spiro atoms. The number of aliphatic hydroxyl groups excluding tert-OH is 1. The van der Waals surface area contributed by atoms with E-state index in [1.807, 2.05) is 0 Å². The maximum absolute atomic E-state index is 11.3. The molecular formula is C8H15NO4. The lowest BCUT2D eigenvalue weighted by atomic mass is 9.92. The molecule has 2 N–H and O–H groups in total. The van der Waals surface area contributed by atoms with Gasteiger partial charge in [0.25, 0.3) is 0 Å². The van der Waals surface area contributed by atoms with Crippen LogP contribution < -0.4 is 5.32 Å². The molecule has 0 heterocycles. The highest BCUT2D eigenvalue weighted by atomic mass is 16.5. The van der Waals surface area contributed by atoms with Crippen molar-refractivity contribution in [1.82, 2.24) is 5.32 Å². The quantitative estimate of drug-likeness (QED) is 0.452. The van der Waals surface area contributed by atoms with Gasteiger partial charge in [0.05, 0.1) is 13.7 Å². The van der Waals surface area contributed by atoms with Crippen LogP contribution in [0.5, 0.6) is 0 Å². The summed E-state index contributed by atoms with van der Waals surface area (Å²) in [6, 6.07) is 0. The molecule has 0 fully saturated rings. The lowest BCUT2D eigenvalue weighted by Gasteiger charge is -2.19. The van der Waals surface area contributed by atoms with Gasteiger partial charge in [-0.3, -0.25) is 9.59 Å². The zero-order valence-electron chi connectivity index (χ0n) is 8.09. The summed E-state index contributed by atoms with van der Waals surface area (Å²) in [5, 5.41) is 10.8. The highest BCUT2D eigenvalue weighted by Gasteiger charge is 2.36. The average molecular weight is 189 g/mol. The van der Waals surface area contributed by atoms with Gasteiger partial charge in [-0.2, -0.15) is 0 Å². The maximum atomic E-state index is 11.3. The molecule has 5 heteroatoms. The van der Waals surface area contributed by atoms with Crippen LogP contribution in [0.2, 0.25) is 0 Å². The van der Waals surface area contributed by atoms with Crippen molar-refractivity contribution in [2.45, 2.75) is 13.8 Å². The molecule has 0 aromatic carbocycles. The fourth-order valence-electron chi connectivity index (χ4n) is 0.738. The molecule has 0 aromatic heterocycles. The molecule has 0 aliphatic rings. The van der Waals surface area contributed by atoms with Crippen molar-refractivity contribution in [1.29, 1.82) is 0 Å². The normalized spacial score (nSPS) is 10.8. The Kier molecular flexibility index (Phi) is 4.40. The number of ether oxygens (including phenoxy) is 1. The zero-order valence-corrected chi connectivity index (χ0v) is 8.09. The van der Waals surface area contributed by atoms with E-state index in [1.165, 1.54) is 21.0 Å². The van der Waals surface area contributed by atoms with E-state index >= 15 is 0 Å². The van der Waals surface area contributed by atoms with Gasteiger partial charge in [-0.1, -0.05) is 0 Å². The van der Waals surface area contributed by atoms with Gasteiger partial charge in [-0.15, -0.1) is 0 Å². The van der Waals surface area contributed by atoms with Crippen molar-refractivity contribution in [3.05, 3.63) is 0 Å². The van der Waals surface area contributed by atoms with Gasteiger partial charge in [0, 0.05) is 6.54 Å². The lowest BCUT2D eigenvalue weighted by Crippen LogP contribution is -2.43. The third-order valence-corrected chi connectivity index (χ3v) is 1.66. The molecule has 5 nitrogen and oxygen atoms in total. The molecule has 0 aliphatic carbocycles. The van der Waals surface area contributed by atoms with Gasteiger partial charge in [-0.05, 0) is 13.8 Å². The maximum Gasteiger partial charge on any atom is 0.320 e. The first-order valence-electron chi connectivity index (χ1n) is 3.94. The van der Waals surface area contributed by atoms with Crippen molar-refractivity contribution in [2.75, 3.05) is 20.3 Å². The molecule has 0 bridgehead atoms. The first kappa shape index (κ1) is 11.9. The van der Waals surface area contributed by atoms with Crippen LogP contribution in [0.1, 0.15) is 13.8 Å². The van der Waals surface area contributed by atoms with Crippen LogP contribution in [0.15, 0.2) is 0 Å². The topological polar surface area (TPSA) is 75.6 Å². The van der Waals surface area contributed by atoms with Gasteiger partial charge >= 0.3 is 5.97 Å².